The molecule has 2 saturated carbocycles. The van der Waals surface area contributed by atoms with Gasteiger partial charge in [0.15, 0.2) is 5.76 Å². The number of hydrogen-bond acceptors (Lipinski definition) is 4. The zero-order valence-corrected chi connectivity index (χ0v) is 16.9. The zero-order chi connectivity index (χ0) is 20.6. The molecule has 2 aromatic carbocycles. The van der Waals surface area contributed by atoms with Gasteiger partial charge in [0.25, 0.3) is 0 Å². The molecule has 3 aromatic rings. The van der Waals surface area contributed by atoms with Gasteiger partial charge in [0.2, 0.25) is 5.91 Å². The summed E-state index contributed by atoms with van der Waals surface area (Å²) >= 11 is 0. The molecular weight excluding hydrogens is 376 g/mol. The van der Waals surface area contributed by atoms with Gasteiger partial charge in [0.05, 0.1) is 11.2 Å². The summed E-state index contributed by atoms with van der Waals surface area (Å²) in [5.41, 5.74) is 2.59. The van der Waals surface area contributed by atoms with Gasteiger partial charge in [-0.25, -0.2) is 0 Å². The molecule has 5 heteroatoms. The second kappa shape index (κ2) is 7.63. The number of hydrogen-bond donors (Lipinski definition) is 2. The minimum absolute atomic E-state index is 0.0627. The van der Waals surface area contributed by atoms with Crippen LogP contribution in [0.25, 0.3) is 11.3 Å². The summed E-state index contributed by atoms with van der Waals surface area (Å²) in [6.07, 6.45) is 5.94. The lowest BCUT2D eigenvalue weighted by molar-refractivity contribution is -0.128. The van der Waals surface area contributed by atoms with E-state index in [0.29, 0.717) is 5.76 Å². The molecule has 1 amide bonds. The molecule has 0 unspecified atom stereocenters. The van der Waals surface area contributed by atoms with Gasteiger partial charge in [-0.15, -0.1) is 0 Å². The van der Waals surface area contributed by atoms with Crippen LogP contribution in [-0.4, -0.2) is 16.2 Å². The Kier molecular flexibility index (Phi) is 4.81. The summed E-state index contributed by atoms with van der Waals surface area (Å²) in [7, 11) is 0. The zero-order valence-electron chi connectivity index (χ0n) is 16.9. The minimum atomic E-state index is -0.220. The Labute approximate surface area is 176 Å². The monoisotopic (exact) mass is 402 g/mol. The first kappa shape index (κ1) is 18.9. The van der Waals surface area contributed by atoms with Crippen molar-refractivity contribution in [3.8, 4) is 17.1 Å². The van der Waals surface area contributed by atoms with Gasteiger partial charge in [0, 0.05) is 23.5 Å². The van der Waals surface area contributed by atoms with Crippen LogP contribution in [0.15, 0.2) is 65.2 Å². The number of aromatic nitrogens is 1. The number of nitrogens with zero attached hydrogens (tertiary/aromatic N) is 1. The van der Waals surface area contributed by atoms with Crippen molar-refractivity contribution in [1.82, 2.24) is 10.5 Å². The predicted octanol–water partition coefficient (Wildman–Crippen LogP) is 5.13. The SMILES string of the molecule is O=C(NC1(c2ccccc2)CCC1)[C@@H]1CCC[C@H]1c1cc(-c2cccc(O)c2)on1. The number of carbonyl (C=O) groups is 1. The quantitative estimate of drug-likeness (QED) is 0.621. The van der Waals surface area contributed by atoms with Crippen LogP contribution in [0.1, 0.15) is 55.7 Å². The third-order valence-electron chi connectivity index (χ3n) is 6.79. The average Bonchev–Trinajstić information content (AvgIpc) is 3.40. The van der Waals surface area contributed by atoms with Crippen LogP contribution in [0, 0.1) is 5.92 Å². The predicted molar refractivity (Wildman–Crippen MR) is 114 cm³/mol. The molecule has 0 radical (unpaired) electrons. The van der Waals surface area contributed by atoms with Crippen molar-refractivity contribution in [2.45, 2.75) is 50.0 Å². The Bertz CT molecular complexity index is 1040. The minimum Gasteiger partial charge on any atom is -0.508 e. The van der Waals surface area contributed by atoms with Crippen molar-refractivity contribution < 1.29 is 14.4 Å². The smallest absolute Gasteiger partial charge is 0.224 e. The third kappa shape index (κ3) is 3.38. The normalized spacial score (nSPS) is 22.4. The van der Waals surface area contributed by atoms with Crippen LogP contribution in [0.2, 0.25) is 0 Å². The van der Waals surface area contributed by atoms with Crippen LogP contribution in [0.4, 0.5) is 0 Å². The van der Waals surface area contributed by atoms with Gasteiger partial charge < -0.3 is 14.9 Å². The van der Waals surface area contributed by atoms with Crippen molar-refractivity contribution in [2.24, 2.45) is 5.92 Å². The first-order valence-electron chi connectivity index (χ1n) is 10.8. The standard InChI is InChI=1S/C25H26N2O3/c28-19-10-4-7-17(15-19)23-16-22(27-30-23)20-11-5-12-21(20)24(29)26-25(13-6-14-25)18-8-2-1-3-9-18/h1-4,7-10,15-16,20-21,28H,5-6,11-14H2,(H,26,29)/t20-,21-/m1/s1. The largest absolute Gasteiger partial charge is 0.508 e. The summed E-state index contributed by atoms with van der Waals surface area (Å²) in [5, 5.41) is 17.4. The Balaban J connectivity index is 1.35. The van der Waals surface area contributed by atoms with Crippen LogP contribution in [0.3, 0.4) is 0 Å². The lowest BCUT2D eigenvalue weighted by Crippen LogP contribution is -2.52. The molecule has 154 valence electrons. The highest BCUT2D eigenvalue weighted by Gasteiger charge is 2.43. The lowest BCUT2D eigenvalue weighted by atomic mass is 9.71. The van der Waals surface area contributed by atoms with E-state index in [1.807, 2.05) is 30.3 Å². The molecule has 0 spiro atoms. The first-order chi connectivity index (χ1) is 14.6. The number of aromatic hydroxyl groups is 1. The summed E-state index contributed by atoms with van der Waals surface area (Å²) in [6.45, 7) is 0. The van der Waals surface area contributed by atoms with Crippen molar-refractivity contribution in [3.63, 3.8) is 0 Å². The number of rotatable bonds is 5. The Morgan fingerprint density at radius 2 is 1.87 bits per heavy atom. The van der Waals surface area contributed by atoms with Gasteiger partial charge in [0.1, 0.15) is 5.75 Å². The Hall–Kier alpha value is -3.08. The number of nitrogens with one attached hydrogen (secondary N) is 1. The number of amides is 1. The van der Waals surface area contributed by atoms with Crippen molar-refractivity contribution in [1.29, 1.82) is 0 Å². The van der Waals surface area contributed by atoms with E-state index in [1.54, 1.807) is 18.2 Å². The molecule has 5 rings (SSSR count). The molecule has 2 atom stereocenters. The van der Waals surface area contributed by atoms with E-state index in [2.05, 4.69) is 22.6 Å². The van der Waals surface area contributed by atoms with Crippen molar-refractivity contribution in [2.75, 3.05) is 0 Å². The Morgan fingerprint density at radius 1 is 1.03 bits per heavy atom. The molecule has 2 aliphatic carbocycles. The van der Waals surface area contributed by atoms with E-state index >= 15 is 0 Å². The van der Waals surface area contributed by atoms with Crippen LogP contribution in [0.5, 0.6) is 5.75 Å². The van der Waals surface area contributed by atoms with E-state index < -0.39 is 0 Å². The maximum Gasteiger partial charge on any atom is 0.224 e. The molecule has 30 heavy (non-hydrogen) atoms. The topological polar surface area (TPSA) is 75.4 Å². The third-order valence-corrected chi connectivity index (χ3v) is 6.79. The molecule has 0 aliphatic heterocycles. The average molecular weight is 402 g/mol. The van der Waals surface area contributed by atoms with Gasteiger partial charge in [-0.05, 0) is 49.8 Å². The maximum atomic E-state index is 13.3. The highest BCUT2D eigenvalue weighted by molar-refractivity contribution is 5.81. The van der Waals surface area contributed by atoms with Gasteiger partial charge in [-0.3, -0.25) is 4.79 Å². The van der Waals surface area contributed by atoms with Gasteiger partial charge in [-0.1, -0.05) is 54.0 Å². The summed E-state index contributed by atoms with van der Waals surface area (Å²) in [6, 6.07) is 19.2. The lowest BCUT2D eigenvalue weighted by Gasteiger charge is -2.44. The van der Waals surface area contributed by atoms with E-state index in [1.165, 1.54) is 5.56 Å². The summed E-state index contributed by atoms with van der Waals surface area (Å²) in [5.74, 6) is 0.908. The molecular formula is C25H26N2O3. The van der Waals surface area contributed by atoms with E-state index in [9.17, 15) is 9.90 Å². The highest BCUT2D eigenvalue weighted by atomic mass is 16.5. The molecule has 5 nitrogen and oxygen atoms in total. The number of phenols is 1. The highest BCUT2D eigenvalue weighted by Crippen LogP contribution is 2.44. The van der Waals surface area contributed by atoms with Crippen molar-refractivity contribution in [3.05, 3.63) is 71.9 Å². The molecule has 2 N–H and O–H groups in total. The first-order valence-corrected chi connectivity index (χ1v) is 10.8. The summed E-state index contributed by atoms with van der Waals surface area (Å²) in [4.78, 5) is 13.3. The fourth-order valence-corrected chi connectivity index (χ4v) is 4.99. The maximum absolute atomic E-state index is 13.3. The molecule has 1 aromatic heterocycles. The summed E-state index contributed by atoms with van der Waals surface area (Å²) < 4.78 is 5.56. The van der Waals surface area contributed by atoms with Crippen LogP contribution < -0.4 is 5.32 Å². The number of carbonyl (C=O) groups excluding carboxylic acids is 1. The van der Waals surface area contributed by atoms with Crippen molar-refractivity contribution >= 4 is 5.91 Å². The molecule has 2 aliphatic rings. The fourth-order valence-electron chi connectivity index (χ4n) is 4.99. The van der Waals surface area contributed by atoms with Crippen LogP contribution in [-0.2, 0) is 10.3 Å². The number of phenolic OH excluding ortho intramolecular Hbond substituents is 1. The van der Waals surface area contributed by atoms with Crippen LogP contribution >= 0.6 is 0 Å². The second-order valence-corrected chi connectivity index (χ2v) is 8.60. The fraction of sp³-hybridized carbons (Fsp3) is 0.360. The number of benzene rings is 2. The Morgan fingerprint density at radius 3 is 2.60 bits per heavy atom. The van der Waals surface area contributed by atoms with Gasteiger partial charge >= 0.3 is 0 Å². The molecule has 0 saturated heterocycles. The molecule has 1 heterocycles. The second-order valence-electron chi connectivity index (χ2n) is 8.60. The van der Waals surface area contributed by atoms with E-state index in [4.69, 9.17) is 4.52 Å². The molecule has 0 bridgehead atoms. The van der Waals surface area contributed by atoms with Gasteiger partial charge in [-0.2, -0.15) is 0 Å². The molecule has 2 fully saturated rings. The van der Waals surface area contributed by atoms with E-state index in [-0.39, 0.29) is 29.0 Å². The van der Waals surface area contributed by atoms with E-state index in [0.717, 1.165) is 49.8 Å².